The summed E-state index contributed by atoms with van der Waals surface area (Å²) >= 11 is 0. The average molecular weight is 293 g/mol. The summed E-state index contributed by atoms with van der Waals surface area (Å²) in [5.74, 6) is -3.66. The fraction of sp³-hybridized carbons (Fsp3) is 0.643. The Morgan fingerprint density at radius 3 is 2.52 bits per heavy atom. The molecule has 21 heavy (non-hydrogen) atoms. The van der Waals surface area contributed by atoms with Crippen LogP contribution < -0.4 is 0 Å². The minimum Gasteiger partial charge on any atom is -0.481 e. The van der Waals surface area contributed by atoms with Crippen molar-refractivity contribution in [3.8, 4) is 0 Å². The van der Waals surface area contributed by atoms with Gasteiger partial charge in [-0.15, -0.1) is 0 Å². The third kappa shape index (κ3) is 2.92. The average Bonchev–Trinajstić information content (AvgIpc) is 3.19. The van der Waals surface area contributed by atoms with Crippen molar-refractivity contribution in [1.82, 2.24) is 14.5 Å². The molecule has 1 aliphatic carbocycles. The third-order valence-corrected chi connectivity index (χ3v) is 4.40. The molecule has 0 bridgehead atoms. The second-order valence-electron chi connectivity index (χ2n) is 5.94. The lowest BCUT2D eigenvalue weighted by molar-refractivity contribution is -0.157. The van der Waals surface area contributed by atoms with Crippen LogP contribution in [0.1, 0.15) is 31.0 Å². The van der Waals surface area contributed by atoms with Gasteiger partial charge in [0.2, 0.25) is 0 Å². The monoisotopic (exact) mass is 293 g/mol. The van der Waals surface area contributed by atoms with Crippen molar-refractivity contribution in [1.29, 1.82) is 0 Å². The van der Waals surface area contributed by atoms with Crippen LogP contribution in [-0.4, -0.2) is 49.7 Å². The number of nitrogens with zero attached hydrogens (tertiary/aromatic N) is 3. The molecule has 1 saturated carbocycles. The van der Waals surface area contributed by atoms with Gasteiger partial charge >= 0.3 is 11.9 Å². The van der Waals surface area contributed by atoms with Crippen LogP contribution in [0.4, 0.5) is 0 Å². The number of carbonyl (C=O) groups is 2. The molecule has 0 amide bonds. The molecule has 7 nitrogen and oxygen atoms in total. The fourth-order valence-corrected chi connectivity index (χ4v) is 3.07. The van der Waals surface area contributed by atoms with E-state index in [2.05, 4.69) is 9.55 Å². The zero-order chi connectivity index (χ0) is 15.0. The molecule has 114 valence electrons. The lowest BCUT2D eigenvalue weighted by atomic mass is 9.85. The maximum Gasteiger partial charge on any atom is 0.308 e. The Labute approximate surface area is 122 Å². The van der Waals surface area contributed by atoms with Gasteiger partial charge in [-0.05, 0) is 25.8 Å². The van der Waals surface area contributed by atoms with E-state index in [9.17, 15) is 14.7 Å². The highest BCUT2D eigenvalue weighted by atomic mass is 16.4. The maximum absolute atomic E-state index is 11.3. The second-order valence-corrected chi connectivity index (χ2v) is 5.94. The molecule has 2 N–H and O–H groups in total. The minimum atomic E-state index is -1.03. The van der Waals surface area contributed by atoms with Crippen LogP contribution in [0.25, 0.3) is 0 Å². The highest BCUT2D eigenvalue weighted by molar-refractivity contribution is 5.80. The summed E-state index contributed by atoms with van der Waals surface area (Å²) in [7, 11) is 0. The molecule has 1 aromatic rings. The van der Waals surface area contributed by atoms with E-state index in [0.29, 0.717) is 25.6 Å². The quantitative estimate of drug-likeness (QED) is 0.834. The van der Waals surface area contributed by atoms with Gasteiger partial charge in [0, 0.05) is 25.3 Å². The number of carboxylic acids is 2. The van der Waals surface area contributed by atoms with E-state index in [0.717, 1.165) is 5.69 Å². The first-order chi connectivity index (χ1) is 10.1. The highest BCUT2D eigenvalue weighted by Gasteiger charge is 2.39. The number of likely N-dealkylation sites (tertiary alicyclic amines) is 1. The summed E-state index contributed by atoms with van der Waals surface area (Å²) in [5.41, 5.74) is 1.08. The molecular weight excluding hydrogens is 274 g/mol. The van der Waals surface area contributed by atoms with E-state index in [4.69, 9.17) is 5.11 Å². The number of carboxylic acid groups (broad SMARTS) is 2. The van der Waals surface area contributed by atoms with E-state index in [1.165, 1.54) is 12.8 Å². The smallest absolute Gasteiger partial charge is 0.308 e. The number of aliphatic carboxylic acids is 2. The van der Waals surface area contributed by atoms with Gasteiger partial charge in [-0.3, -0.25) is 14.5 Å². The lowest BCUT2D eigenvalue weighted by Crippen LogP contribution is -2.46. The van der Waals surface area contributed by atoms with Crippen molar-refractivity contribution < 1.29 is 19.8 Å². The van der Waals surface area contributed by atoms with E-state index < -0.39 is 23.8 Å². The molecule has 0 aromatic carbocycles. The second kappa shape index (κ2) is 5.48. The molecular formula is C14H19N3O4. The maximum atomic E-state index is 11.3. The molecule has 0 spiro atoms. The molecule has 1 aromatic heterocycles. The molecule has 2 heterocycles. The molecule has 1 saturated heterocycles. The van der Waals surface area contributed by atoms with Crippen molar-refractivity contribution >= 4 is 11.9 Å². The van der Waals surface area contributed by atoms with E-state index in [-0.39, 0.29) is 6.54 Å². The summed E-state index contributed by atoms with van der Waals surface area (Å²) in [4.78, 5) is 28.6. The fourth-order valence-electron chi connectivity index (χ4n) is 3.07. The normalized spacial score (nSPS) is 26.7. The first kappa shape index (κ1) is 14.1. The number of imidazole rings is 1. The SMILES string of the molecule is O=C(O)C1CCN(Cc2cncn2C2CC2)CC1C(=O)O. The predicted molar refractivity (Wildman–Crippen MR) is 72.6 cm³/mol. The lowest BCUT2D eigenvalue weighted by Gasteiger charge is -2.34. The molecule has 2 aliphatic rings. The predicted octanol–water partition coefficient (Wildman–Crippen LogP) is 0.825. The van der Waals surface area contributed by atoms with Gasteiger partial charge in [0.15, 0.2) is 0 Å². The first-order valence-corrected chi connectivity index (χ1v) is 7.25. The number of piperidine rings is 1. The minimum absolute atomic E-state index is 0.280. The Morgan fingerprint density at radius 2 is 1.90 bits per heavy atom. The Balaban J connectivity index is 1.68. The van der Waals surface area contributed by atoms with Crippen LogP contribution in [-0.2, 0) is 16.1 Å². The van der Waals surface area contributed by atoms with Gasteiger partial charge in [-0.1, -0.05) is 0 Å². The van der Waals surface area contributed by atoms with Crippen LogP contribution in [0.5, 0.6) is 0 Å². The van der Waals surface area contributed by atoms with Crippen molar-refractivity contribution in [3.63, 3.8) is 0 Å². The van der Waals surface area contributed by atoms with Gasteiger partial charge in [-0.25, -0.2) is 4.98 Å². The summed E-state index contributed by atoms with van der Waals surface area (Å²) in [6.07, 6.45) is 6.36. The van der Waals surface area contributed by atoms with Crippen LogP contribution in [0.15, 0.2) is 12.5 Å². The molecule has 0 radical (unpaired) electrons. The Bertz CT molecular complexity index is 552. The third-order valence-electron chi connectivity index (χ3n) is 4.40. The number of hydrogen-bond acceptors (Lipinski definition) is 4. The number of rotatable bonds is 5. The zero-order valence-corrected chi connectivity index (χ0v) is 11.7. The van der Waals surface area contributed by atoms with Crippen molar-refractivity contribution in [2.24, 2.45) is 11.8 Å². The van der Waals surface area contributed by atoms with Gasteiger partial charge in [-0.2, -0.15) is 0 Å². The molecule has 2 fully saturated rings. The van der Waals surface area contributed by atoms with Crippen molar-refractivity contribution in [3.05, 3.63) is 18.2 Å². The summed E-state index contributed by atoms with van der Waals surface area (Å²) in [5, 5.41) is 18.4. The largest absolute Gasteiger partial charge is 0.481 e. The molecule has 1 aliphatic heterocycles. The van der Waals surface area contributed by atoms with Crippen LogP contribution in [0.3, 0.4) is 0 Å². The number of aromatic nitrogens is 2. The van der Waals surface area contributed by atoms with Crippen LogP contribution in [0.2, 0.25) is 0 Å². The molecule has 7 heteroatoms. The highest BCUT2D eigenvalue weighted by Crippen LogP contribution is 2.36. The van der Waals surface area contributed by atoms with Gasteiger partial charge in [0.25, 0.3) is 0 Å². The molecule has 2 unspecified atom stereocenters. The summed E-state index contributed by atoms with van der Waals surface area (Å²) in [6, 6.07) is 0.536. The van der Waals surface area contributed by atoms with Crippen LogP contribution in [0, 0.1) is 11.8 Å². The van der Waals surface area contributed by atoms with Crippen LogP contribution >= 0.6 is 0 Å². The first-order valence-electron chi connectivity index (χ1n) is 7.25. The van der Waals surface area contributed by atoms with Crippen molar-refractivity contribution in [2.75, 3.05) is 13.1 Å². The zero-order valence-electron chi connectivity index (χ0n) is 11.7. The Hall–Kier alpha value is -1.89. The van der Waals surface area contributed by atoms with E-state index in [1.807, 2.05) is 17.4 Å². The van der Waals surface area contributed by atoms with Gasteiger partial charge in [0.05, 0.1) is 23.9 Å². The van der Waals surface area contributed by atoms with Gasteiger partial charge < -0.3 is 14.8 Å². The number of hydrogen-bond donors (Lipinski definition) is 2. The van der Waals surface area contributed by atoms with Gasteiger partial charge in [0.1, 0.15) is 0 Å². The van der Waals surface area contributed by atoms with E-state index >= 15 is 0 Å². The van der Waals surface area contributed by atoms with Crippen molar-refractivity contribution in [2.45, 2.75) is 31.8 Å². The Kier molecular flexibility index (Phi) is 3.67. The molecule has 2 atom stereocenters. The summed E-state index contributed by atoms with van der Waals surface area (Å²) in [6.45, 7) is 1.52. The standard InChI is InChI=1S/C14H19N3O4/c18-13(19)11-3-4-16(7-12(11)14(20)21)6-10-5-15-8-17(10)9-1-2-9/h5,8-9,11-12H,1-4,6-7H2,(H,18,19)(H,20,21). The summed E-state index contributed by atoms with van der Waals surface area (Å²) < 4.78 is 2.15. The molecule has 3 rings (SSSR count). The van der Waals surface area contributed by atoms with E-state index in [1.54, 1.807) is 0 Å². The topological polar surface area (TPSA) is 95.7 Å². The Morgan fingerprint density at radius 1 is 1.19 bits per heavy atom.